The summed E-state index contributed by atoms with van der Waals surface area (Å²) in [5, 5.41) is 1.28. The maximum atomic E-state index is 12.8. The Balaban J connectivity index is 1.91. The molecular formula is C18H11Cl2NO3. The highest BCUT2D eigenvalue weighted by atomic mass is 35.5. The number of carbonyl (C=O) groups excluding carboxylic acids is 1. The molecule has 3 aromatic rings. The van der Waals surface area contributed by atoms with Crippen molar-refractivity contribution in [2.75, 3.05) is 4.90 Å². The minimum Gasteiger partial charge on any atom is -0.449 e. The van der Waals surface area contributed by atoms with E-state index in [2.05, 4.69) is 0 Å². The molecule has 0 radical (unpaired) electrons. The summed E-state index contributed by atoms with van der Waals surface area (Å²) in [6, 6.07) is 10.2. The van der Waals surface area contributed by atoms with Gasteiger partial charge in [0.05, 0.1) is 22.5 Å². The average Bonchev–Trinajstić information content (AvgIpc) is 2.86. The average molecular weight is 360 g/mol. The maximum absolute atomic E-state index is 12.8. The van der Waals surface area contributed by atoms with Crippen molar-refractivity contribution in [2.45, 2.75) is 13.5 Å². The van der Waals surface area contributed by atoms with E-state index in [0.717, 1.165) is 5.56 Å². The maximum Gasteiger partial charge on any atom is 0.294 e. The van der Waals surface area contributed by atoms with Gasteiger partial charge in [-0.25, -0.2) is 0 Å². The van der Waals surface area contributed by atoms with Crippen LogP contribution < -0.4 is 10.3 Å². The molecule has 0 N–H and O–H groups in total. The third kappa shape index (κ3) is 2.14. The van der Waals surface area contributed by atoms with Gasteiger partial charge >= 0.3 is 0 Å². The van der Waals surface area contributed by atoms with E-state index in [9.17, 15) is 9.59 Å². The molecule has 24 heavy (non-hydrogen) atoms. The van der Waals surface area contributed by atoms with E-state index < -0.39 is 0 Å². The van der Waals surface area contributed by atoms with E-state index in [0.29, 0.717) is 26.7 Å². The molecule has 1 aliphatic heterocycles. The van der Waals surface area contributed by atoms with Gasteiger partial charge in [0, 0.05) is 10.7 Å². The van der Waals surface area contributed by atoms with Crippen LogP contribution in [0.3, 0.4) is 0 Å². The molecule has 0 spiro atoms. The fourth-order valence-electron chi connectivity index (χ4n) is 3.01. The molecule has 120 valence electrons. The predicted octanol–water partition coefficient (Wildman–Crippen LogP) is 4.57. The SMILES string of the molecule is Cc1cc(Cl)ccc1N1Cc2c(oc3c(Cl)cccc3c2=O)C1=O. The smallest absolute Gasteiger partial charge is 0.294 e. The lowest BCUT2D eigenvalue weighted by Crippen LogP contribution is -2.24. The number of halogens is 2. The number of hydrogen-bond acceptors (Lipinski definition) is 3. The molecule has 0 unspecified atom stereocenters. The van der Waals surface area contributed by atoms with Gasteiger partial charge in [-0.15, -0.1) is 0 Å². The standard InChI is InChI=1S/C18H11Cl2NO3/c1-9-7-10(19)5-6-14(9)21-8-12-15(22)11-3-2-4-13(20)16(11)24-17(12)18(21)23/h2-7H,8H2,1H3. The minimum atomic E-state index is -0.352. The molecule has 1 amide bonds. The second kappa shape index (κ2) is 5.36. The highest BCUT2D eigenvalue weighted by Gasteiger charge is 2.35. The molecule has 0 saturated heterocycles. The van der Waals surface area contributed by atoms with Gasteiger partial charge in [-0.1, -0.05) is 29.3 Å². The molecule has 6 heteroatoms. The van der Waals surface area contributed by atoms with Crippen LogP contribution in [0.15, 0.2) is 45.6 Å². The summed E-state index contributed by atoms with van der Waals surface area (Å²) in [7, 11) is 0. The molecule has 4 rings (SSSR count). The van der Waals surface area contributed by atoms with Crippen LogP contribution in [0.2, 0.25) is 10.0 Å². The fourth-order valence-corrected chi connectivity index (χ4v) is 3.45. The van der Waals surface area contributed by atoms with E-state index in [4.69, 9.17) is 27.6 Å². The third-order valence-corrected chi connectivity index (χ3v) is 4.70. The van der Waals surface area contributed by atoms with Crippen LogP contribution in [0.4, 0.5) is 5.69 Å². The van der Waals surface area contributed by atoms with Crippen LogP contribution in [0.25, 0.3) is 11.0 Å². The quantitative estimate of drug-likeness (QED) is 0.639. The summed E-state index contributed by atoms with van der Waals surface area (Å²) in [4.78, 5) is 27.0. The second-order valence-electron chi connectivity index (χ2n) is 5.68. The van der Waals surface area contributed by atoms with E-state index in [1.807, 2.05) is 6.92 Å². The van der Waals surface area contributed by atoms with Crippen LogP contribution >= 0.6 is 23.2 Å². The Bertz CT molecular complexity index is 1070. The largest absolute Gasteiger partial charge is 0.449 e. The lowest BCUT2D eigenvalue weighted by Gasteiger charge is -2.17. The number of hydrogen-bond donors (Lipinski definition) is 0. The van der Waals surface area contributed by atoms with E-state index in [-0.39, 0.29) is 29.2 Å². The number of amides is 1. The van der Waals surface area contributed by atoms with Crippen LogP contribution in [0.1, 0.15) is 21.7 Å². The van der Waals surface area contributed by atoms with Crippen molar-refractivity contribution in [2.24, 2.45) is 0 Å². The Morgan fingerprint density at radius 1 is 1.12 bits per heavy atom. The van der Waals surface area contributed by atoms with Crippen LogP contribution in [-0.2, 0) is 6.54 Å². The number of nitrogens with zero attached hydrogens (tertiary/aromatic N) is 1. The first-order chi connectivity index (χ1) is 11.5. The van der Waals surface area contributed by atoms with Gasteiger partial charge in [0.2, 0.25) is 5.76 Å². The van der Waals surface area contributed by atoms with Crippen LogP contribution in [0.5, 0.6) is 0 Å². The van der Waals surface area contributed by atoms with Crippen molar-refractivity contribution in [1.82, 2.24) is 0 Å². The van der Waals surface area contributed by atoms with Crippen molar-refractivity contribution in [1.29, 1.82) is 0 Å². The summed E-state index contributed by atoms with van der Waals surface area (Å²) in [5.74, 6) is -0.302. The van der Waals surface area contributed by atoms with Crippen LogP contribution in [0, 0.1) is 6.92 Å². The summed E-state index contributed by atoms with van der Waals surface area (Å²) in [5.41, 5.74) is 1.91. The Morgan fingerprint density at radius 2 is 1.92 bits per heavy atom. The van der Waals surface area contributed by atoms with Gasteiger partial charge in [0.1, 0.15) is 0 Å². The molecule has 0 saturated carbocycles. The topological polar surface area (TPSA) is 50.5 Å². The van der Waals surface area contributed by atoms with E-state index in [1.165, 1.54) is 4.90 Å². The van der Waals surface area contributed by atoms with Crippen molar-refractivity contribution in [3.8, 4) is 0 Å². The zero-order chi connectivity index (χ0) is 17.0. The lowest BCUT2D eigenvalue weighted by molar-refractivity contribution is 0.0973. The Hall–Kier alpha value is -2.30. The monoisotopic (exact) mass is 359 g/mol. The van der Waals surface area contributed by atoms with Crippen LogP contribution in [-0.4, -0.2) is 5.91 Å². The second-order valence-corrected chi connectivity index (χ2v) is 6.52. The molecule has 2 aromatic carbocycles. The molecule has 0 atom stereocenters. The van der Waals surface area contributed by atoms with Gasteiger partial charge in [0.25, 0.3) is 5.91 Å². The first-order valence-electron chi connectivity index (χ1n) is 7.29. The Labute approximate surface area is 147 Å². The lowest BCUT2D eigenvalue weighted by atomic mass is 10.1. The van der Waals surface area contributed by atoms with E-state index >= 15 is 0 Å². The Kier molecular flexibility index (Phi) is 3.41. The Morgan fingerprint density at radius 3 is 2.67 bits per heavy atom. The van der Waals surface area contributed by atoms with Crippen molar-refractivity contribution < 1.29 is 9.21 Å². The molecule has 1 aliphatic rings. The number of anilines is 1. The van der Waals surface area contributed by atoms with Crippen molar-refractivity contribution >= 4 is 45.8 Å². The van der Waals surface area contributed by atoms with Crippen molar-refractivity contribution in [3.05, 3.63) is 73.6 Å². The normalized spacial score (nSPS) is 13.6. The van der Waals surface area contributed by atoms with Gasteiger partial charge in [-0.3, -0.25) is 9.59 Å². The predicted molar refractivity (Wildman–Crippen MR) is 94.2 cm³/mol. The summed E-state index contributed by atoms with van der Waals surface area (Å²) < 4.78 is 5.69. The number of para-hydroxylation sites is 1. The molecule has 4 nitrogen and oxygen atoms in total. The third-order valence-electron chi connectivity index (χ3n) is 4.17. The summed E-state index contributed by atoms with van der Waals surface area (Å²) >= 11 is 12.1. The molecule has 2 heterocycles. The number of aryl methyl sites for hydroxylation is 1. The van der Waals surface area contributed by atoms with Gasteiger partial charge in [-0.2, -0.15) is 0 Å². The molecule has 0 aliphatic carbocycles. The summed E-state index contributed by atoms with van der Waals surface area (Å²) in [6.45, 7) is 2.03. The fraction of sp³-hybridized carbons (Fsp3) is 0.111. The molecule has 0 bridgehead atoms. The minimum absolute atomic E-state index is 0.0509. The van der Waals surface area contributed by atoms with Gasteiger partial charge in [-0.05, 0) is 42.8 Å². The highest BCUT2D eigenvalue weighted by Crippen LogP contribution is 2.33. The molecule has 1 aromatic heterocycles. The number of rotatable bonds is 1. The molecular weight excluding hydrogens is 349 g/mol. The zero-order valence-corrected chi connectivity index (χ0v) is 14.1. The number of benzene rings is 2. The number of carbonyl (C=O) groups is 1. The molecule has 0 fully saturated rings. The highest BCUT2D eigenvalue weighted by molar-refractivity contribution is 6.34. The van der Waals surface area contributed by atoms with Gasteiger partial charge in [0.15, 0.2) is 11.0 Å². The zero-order valence-electron chi connectivity index (χ0n) is 12.6. The summed E-state index contributed by atoms with van der Waals surface area (Å²) in [6.07, 6.45) is 0. The number of fused-ring (bicyclic) bond motifs is 2. The van der Waals surface area contributed by atoms with Gasteiger partial charge < -0.3 is 9.32 Å². The van der Waals surface area contributed by atoms with E-state index in [1.54, 1.807) is 36.4 Å². The first kappa shape index (κ1) is 15.2. The van der Waals surface area contributed by atoms with Crippen molar-refractivity contribution in [3.63, 3.8) is 0 Å². The first-order valence-corrected chi connectivity index (χ1v) is 8.05.